The second kappa shape index (κ2) is 4.08. The van der Waals surface area contributed by atoms with Gasteiger partial charge in [0.15, 0.2) is 0 Å². The van der Waals surface area contributed by atoms with Gasteiger partial charge >= 0.3 is 12.2 Å². The van der Waals surface area contributed by atoms with Crippen molar-refractivity contribution in [1.82, 2.24) is 4.98 Å². The molecule has 0 aliphatic carbocycles. The van der Waals surface area contributed by atoms with Gasteiger partial charge in [-0.3, -0.25) is 0 Å². The SMILES string of the molecule is NC(=O)Oc1cc(OC(=O)O)ccn1. The van der Waals surface area contributed by atoms with Crippen LogP contribution in [-0.4, -0.2) is 22.3 Å². The molecular formula is C7H6N2O5. The number of carbonyl (C=O) groups is 2. The van der Waals surface area contributed by atoms with Crippen molar-refractivity contribution in [2.45, 2.75) is 0 Å². The fourth-order valence-corrected chi connectivity index (χ4v) is 0.714. The van der Waals surface area contributed by atoms with E-state index in [4.69, 9.17) is 10.8 Å². The minimum absolute atomic E-state index is 0.0104. The van der Waals surface area contributed by atoms with Crippen LogP contribution in [0.5, 0.6) is 11.6 Å². The molecule has 0 saturated heterocycles. The number of rotatable bonds is 2. The summed E-state index contributed by atoms with van der Waals surface area (Å²) in [5, 5.41) is 8.26. The minimum Gasteiger partial charge on any atom is -0.449 e. The van der Waals surface area contributed by atoms with Crippen molar-refractivity contribution in [3.8, 4) is 11.6 Å². The van der Waals surface area contributed by atoms with Gasteiger partial charge in [-0.2, -0.15) is 0 Å². The zero-order valence-electron chi connectivity index (χ0n) is 6.84. The maximum absolute atomic E-state index is 10.3. The first-order chi connectivity index (χ1) is 6.58. The number of nitrogens with two attached hydrogens (primary N) is 1. The predicted octanol–water partition coefficient (Wildman–Crippen LogP) is 0.596. The molecule has 0 fully saturated rings. The highest BCUT2D eigenvalue weighted by atomic mass is 16.7. The van der Waals surface area contributed by atoms with Crippen molar-refractivity contribution in [2.24, 2.45) is 5.73 Å². The van der Waals surface area contributed by atoms with E-state index in [1.54, 1.807) is 0 Å². The summed E-state index contributed by atoms with van der Waals surface area (Å²) in [4.78, 5) is 24.0. The number of hydrogen-bond donors (Lipinski definition) is 2. The first kappa shape index (κ1) is 9.78. The molecule has 7 nitrogen and oxygen atoms in total. The van der Waals surface area contributed by atoms with Gasteiger partial charge in [-0.15, -0.1) is 0 Å². The number of amides is 1. The van der Waals surface area contributed by atoms with Crippen LogP contribution in [0.1, 0.15) is 0 Å². The van der Waals surface area contributed by atoms with Crippen molar-refractivity contribution in [3.05, 3.63) is 18.3 Å². The molecule has 1 amide bonds. The molecule has 0 spiro atoms. The highest BCUT2D eigenvalue weighted by Gasteiger charge is 2.05. The van der Waals surface area contributed by atoms with Gasteiger partial charge in [0.25, 0.3) is 0 Å². The first-order valence-corrected chi connectivity index (χ1v) is 3.42. The number of aromatic nitrogens is 1. The molecule has 0 aliphatic heterocycles. The Morgan fingerprint density at radius 3 is 2.71 bits per heavy atom. The van der Waals surface area contributed by atoms with E-state index >= 15 is 0 Å². The number of carbonyl (C=O) groups excluding carboxylic acids is 1. The largest absolute Gasteiger partial charge is 0.511 e. The van der Waals surface area contributed by atoms with Crippen LogP contribution < -0.4 is 15.2 Å². The van der Waals surface area contributed by atoms with Gasteiger partial charge in [0, 0.05) is 12.3 Å². The zero-order chi connectivity index (χ0) is 10.6. The number of hydrogen-bond acceptors (Lipinski definition) is 5. The normalized spacial score (nSPS) is 9.14. The molecule has 1 aromatic rings. The summed E-state index contributed by atoms with van der Waals surface area (Å²) in [6, 6.07) is 2.42. The summed E-state index contributed by atoms with van der Waals surface area (Å²) in [6.07, 6.45) is -1.29. The number of ether oxygens (including phenoxy) is 2. The van der Waals surface area contributed by atoms with E-state index in [-0.39, 0.29) is 11.6 Å². The Labute approximate surface area is 78.1 Å². The second-order valence-electron chi connectivity index (χ2n) is 2.12. The number of carboxylic acid groups (broad SMARTS) is 1. The van der Waals surface area contributed by atoms with E-state index in [1.165, 1.54) is 12.3 Å². The molecule has 7 heteroatoms. The standard InChI is InChI=1S/C7H6N2O5/c8-6(10)14-5-3-4(1-2-9-5)13-7(11)12/h1-3H,(H2,8,10)(H,11,12). The summed E-state index contributed by atoms with van der Waals surface area (Å²) >= 11 is 0. The summed E-state index contributed by atoms with van der Waals surface area (Å²) in [5.74, 6) is -0.139. The molecule has 0 aliphatic rings. The molecule has 3 N–H and O–H groups in total. The minimum atomic E-state index is -1.47. The lowest BCUT2D eigenvalue weighted by Crippen LogP contribution is -2.17. The Balaban J connectivity index is 2.78. The molecule has 1 aromatic heterocycles. The highest BCUT2D eigenvalue weighted by molar-refractivity contribution is 5.67. The van der Waals surface area contributed by atoms with Crippen molar-refractivity contribution < 1.29 is 24.2 Å². The van der Waals surface area contributed by atoms with Crippen LogP contribution in [0.3, 0.4) is 0 Å². The smallest absolute Gasteiger partial charge is 0.449 e. The molecule has 0 saturated carbocycles. The van der Waals surface area contributed by atoms with Crippen LogP contribution in [-0.2, 0) is 0 Å². The third-order valence-electron chi connectivity index (χ3n) is 1.12. The maximum atomic E-state index is 10.3. The fraction of sp³-hybridized carbons (Fsp3) is 0. The van der Waals surface area contributed by atoms with E-state index in [0.29, 0.717) is 0 Å². The first-order valence-electron chi connectivity index (χ1n) is 3.42. The molecule has 0 radical (unpaired) electrons. The third kappa shape index (κ3) is 2.97. The van der Waals surface area contributed by atoms with Crippen molar-refractivity contribution in [1.29, 1.82) is 0 Å². The Bertz CT molecular complexity index is 334. The zero-order valence-corrected chi connectivity index (χ0v) is 6.84. The predicted molar refractivity (Wildman–Crippen MR) is 43.1 cm³/mol. The van der Waals surface area contributed by atoms with Gasteiger partial charge in [-0.1, -0.05) is 0 Å². The topological polar surface area (TPSA) is 112 Å². The van der Waals surface area contributed by atoms with Crippen molar-refractivity contribution in [2.75, 3.05) is 0 Å². The third-order valence-corrected chi connectivity index (χ3v) is 1.12. The lowest BCUT2D eigenvalue weighted by molar-refractivity contribution is 0.144. The van der Waals surface area contributed by atoms with Gasteiger partial charge in [0.05, 0.1) is 0 Å². The Morgan fingerprint density at radius 1 is 1.43 bits per heavy atom. The lowest BCUT2D eigenvalue weighted by atomic mass is 10.4. The molecule has 1 rings (SSSR count). The van der Waals surface area contributed by atoms with Gasteiger partial charge < -0.3 is 20.3 Å². The highest BCUT2D eigenvalue weighted by Crippen LogP contribution is 2.16. The van der Waals surface area contributed by atoms with Crippen molar-refractivity contribution >= 4 is 12.2 Å². The van der Waals surface area contributed by atoms with Crippen LogP contribution in [0.4, 0.5) is 9.59 Å². The summed E-state index contributed by atoms with van der Waals surface area (Å²) in [5.41, 5.74) is 4.72. The van der Waals surface area contributed by atoms with Crippen molar-refractivity contribution in [3.63, 3.8) is 0 Å². The summed E-state index contributed by atoms with van der Waals surface area (Å²) < 4.78 is 8.67. The monoisotopic (exact) mass is 198 g/mol. The van der Waals surface area contributed by atoms with E-state index in [1.807, 2.05) is 0 Å². The molecule has 74 valence electrons. The quantitative estimate of drug-likeness (QED) is 0.672. The van der Waals surface area contributed by atoms with Crippen LogP contribution in [0.15, 0.2) is 18.3 Å². The number of nitrogens with zero attached hydrogens (tertiary/aromatic N) is 1. The van der Waals surface area contributed by atoms with Crippen LogP contribution in [0, 0.1) is 0 Å². The van der Waals surface area contributed by atoms with Gasteiger partial charge in [-0.05, 0) is 6.07 Å². The van der Waals surface area contributed by atoms with E-state index in [9.17, 15) is 9.59 Å². The second-order valence-corrected chi connectivity index (χ2v) is 2.12. The van der Waals surface area contributed by atoms with Crippen LogP contribution in [0.25, 0.3) is 0 Å². The number of primary amides is 1. The fourth-order valence-electron chi connectivity index (χ4n) is 0.714. The average Bonchev–Trinajstić information content (AvgIpc) is 2.01. The summed E-state index contributed by atoms with van der Waals surface area (Å²) in [7, 11) is 0. The molecule has 0 bridgehead atoms. The summed E-state index contributed by atoms with van der Waals surface area (Å²) in [6.45, 7) is 0. The molecule has 0 aromatic carbocycles. The Kier molecular flexibility index (Phi) is 2.85. The molecule has 0 unspecified atom stereocenters. The van der Waals surface area contributed by atoms with Gasteiger partial charge in [-0.25, -0.2) is 14.6 Å². The molecule has 0 atom stereocenters. The number of pyridine rings is 1. The molecule has 14 heavy (non-hydrogen) atoms. The van der Waals surface area contributed by atoms with E-state index in [2.05, 4.69) is 14.5 Å². The van der Waals surface area contributed by atoms with Gasteiger partial charge in [0.1, 0.15) is 5.75 Å². The Morgan fingerprint density at radius 2 is 2.14 bits per heavy atom. The molecule has 1 heterocycles. The van der Waals surface area contributed by atoms with E-state index in [0.717, 1.165) is 6.07 Å². The van der Waals surface area contributed by atoms with Crippen LogP contribution >= 0.6 is 0 Å². The maximum Gasteiger partial charge on any atom is 0.511 e. The molecular weight excluding hydrogens is 192 g/mol. The Hall–Kier alpha value is -2.31. The van der Waals surface area contributed by atoms with Crippen LogP contribution in [0.2, 0.25) is 0 Å². The average molecular weight is 198 g/mol. The van der Waals surface area contributed by atoms with E-state index < -0.39 is 12.2 Å². The van der Waals surface area contributed by atoms with Gasteiger partial charge in [0.2, 0.25) is 5.88 Å². The lowest BCUT2D eigenvalue weighted by Gasteiger charge is -2.01.